The zero-order valence-corrected chi connectivity index (χ0v) is 58.4. The number of ether oxygens (including phenoxy) is 6. The molecular weight excluding hydrogens is 1250 g/mol. The fourth-order valence-corrected chi connectivity index (χ4v) is 9.42. The molecule has 3 N–H and O–H groups in total. The molecule has 506 valence electrons. The topological polar surface area (TPSA) is 249 Å². The van der Waals surface area contributed by atoms with Crippen LogP contribution < -0.4 is 34.7 Å². The van der Waals surface area contributed by atoms with Crippen LogP contribution in [0.5, 0.6) is 40.2 Å². The molecule has 0 radical (unpaired) electrons. The van der Waals surface area contributed by atoms with E-state index in [1.807, 2.05) is 53.7 Å². The number of nitrogen functional groups attached to an aromatic ring is 1. The number of ketones is 1. The molecule has 3 amide bonds. The molecule has 1 aliphatic rings. The molecule has 0 unspecified atom stereocenters. The van der Waals surface area contributed by atoms with E-state index in [1.165, 1.54) is 56.5 Å². The summed E-state index contributed by atoms with van der Waals surface area (Å²) in [7, 11) is 9.75. The third kappa shape index (κ3) is 22.2. The van der Waals surface area contributed by atoms with Gasteiger partial charge in [0.2, 0.25) is 0 Å². The monoisotopic (exact) mass is 1340 g/mol. The van der Waals surface area contributed by atoms with Gasteiger partial charge < -0.3 is 57.9 Å². The van der Waals surface area contributed by atoms with Crippen molar-refractivity contribution in [3.8, 4) is 40.2 Å². The minimum atomic E-state index is -0.597. The average molecular weight is 1340 g/mol. The molecule has 9 aromatic rings. The van der Waals surface area contributed by atoms with Crippen LogP contribution in [0.4, 0.5) is 16.3 Å². The standard InChI is InChI=1S/C29H30ClN3O5.C19H18ClN3O3.C14H16N2O3.C6H15N.C4H8O/c1-29(2,3)27-13-18(32-38-27)12-19(34)11-17-7-8-20(14-23(17)30)37-25-9-10-31-24-16-26(36-6)22(15-21(24)25)28(35)33(4)5;1-23(2)19(24)13-9-12-16(10-18(13)25-3)22-7-6-17(12)26-11-4-5-15(21)14(20)8-11;1-14(2,3)11-9-12(16-19-11)15-13(17)18-10-7-5-4-6-8-10;1-4-7(5-2)6-3;1-2-4-5-3-1/h7-10,13-16H,11-12H2,1-6H3;4-10H,21H2,1-3H3;4-9H,1-3H3,(H,15,16,17);4-6H2,1-3H3;1-4H2. The number of aromatic nitrogens is 4. The Labute approximate surface area is 566 Å². The quantitative estimate of drug-likeness (QED) is 0.0804. The summed E-state index contributed by atoms with van der Waals surface area (Å²) < 4.78 is 43.4. The Kier molecular flexibility index (Phi) is 27.8. The van der Waals surface area contributed by atoms with Gasteiger partial charge in [0.1, 0.15) is 57.6 Å². The number of carbonyl (C=O) groups excluding carboxylic acids is 4. The van der Waals surface area contributed by atoms with E-state index in [0.717, 1.165) is 19.0 Å². The summed E-state index contributed by atoms with van der Waals surface area (Å²) >= 11 is 12.6. The van der Waals surface area contributed by atoms with Gasteiger partial charge >= 0.3 is 6.09 Å². The molecule has 0 saturated carbocycles. The maximum atomic E-state index is 12.7. The molecule has 1 aliphatic heterocycles. The highest BCUT2D eigenvalue weighted by atomic mass is 35.5. The van der Waals surface area contributed by atoms with Crippen LogP contribution in [0.3, 0.4) is 0 Å². The van der Waals surface area contributed by atoms with Gasteiger partial charge in [-0.25, -0.2) is 4.79 Å². The predicted octanol–water partition coefficient (Wildman–Crippen LogP) is 15.7. The van der Waals surface area contributed by atoms with Gasteiger partial charge in [-0.1, -0.05) is 120 Å². The lowest BCUT2D eigenvalue weighted by Gasteiger charge is -2.16. The number of methoxy groups -OCH3 is 2. The van der Waals surface area contributed by atoms with Gasteiger partial charge in [-0.2, -0.15) is 0 Å². The van der Waals surface area contributed by atoms with Crippen molar-refractivity contribution >= 4 is 80.2 Å². The molecule has 1 saturated heterocycles. The van der Waals surface area contributed by atoms with Crippen molar-refractivity contribution in [1.82, 2.24) is 35.0 Å². The summed E-state index contributed by atoms with van der Waals surface area (Å²) in [6.45, 7) is 24.2. The number of carbonyl (C=O) groups is 4. The number of hydrogen-bond acceptors (Lipinski definition) is 18. The molecule has 0 aliphatic carbocycles. The molecule has 1 fully saturated rings. The van der Waals surface area contributed by atoms with Crippen molar-refractivity contribution < 1.29 is 56.6 Å². The SMILES string of the molecule is C1CCOC1.CC(C)(C)c1cc(NC(=O)Oc2ccccc2)no1.CCN(CC)CC.COc1cc2nccc(Oc3ccc(CC(=O)Cc4cc(C(C)(C)C)on4)c(Cl)c3)c2cc1C(=O)N(C)C.COc1cc2nccc(Oc3ccc(N)c(Cl)c3)c2cc1C(=O)N(C)C. The second kappa shape index (κ2) is 35.3. The Morgan fingerprint density at radius 3 is 1.49 bits per heavy atom. The lowest BCUT2D eigenvalue weighted by molar-refractivity contribution is -0.117. The lowest BCUT2D eigenvalue weighted by Crippen LogP contribution is -2.22. The number of hydrogen-bond donors (Lipinski definition) is 2. The molecule has 0 bridgehead atoms. The van der Waals surface area contributed by atoms with Crippen molar-refractivity contribution in [1.29, 1.82) is 0 Å². The first-order valence-electron chi connectivity index (χ1n) is 31.0. The number of rotatable bonds is 17. The number of halogens is 2. The average Bonchev–Trinajstić information content (AvgIpc) is 1.81. The fourth-order valence-electron chi connectivity index (χ4n) is 9.01. The second-order valence-corrected chi connectivity index (χ2v) is 25.0. The predicted molar refractivity (Wildman–Crippen MR) is 373 cm³/mol. The largest absolute Gasteiger partial charge is 0.496 e. The molecule has 23 heteroatoms. The van der Waals surface area contributed by atoms with Gasteiger partial charge in [-0.15, -0.1) is 0 Å². The number of anilines is 2. The summed E-state index contributed by atoms with van der Waals surface area (Å²) in [4.78, 5) is 63.5. The van der Waals surface area contributed by atoms with Gasteiger partial charge in [0.25, 0.3) is 11.8 Å². The smallest absolute Gasteiger partial charge is 0.418 e. The highest BCUT2D eigenvalue weighted by Crippen LogP contribution is 2.37. The Bertz CT molecular complexity index is 3990. The summed E-state index contributed by atoms with van der Waals surface area (Å²) in [5.41, 5.74) is 9.25. The number of nitrogens with two attached hydrogens (primary N) is 1. The number of fused-ring (bicyclic) bond motifs is 2. The number of nitrogens with one attached hydrogen (secondary N) is 1. The zero-order valence-electron chi connectivity index (χ0n) is 56.9. The number of Topliss-reactive ketones (excluding diaryl/α,β-unsaturated/α-hetero) is 1. The van der Waals surface area contributed by atoms with Gasteiger partial charge in [-0.3, -0.25) is 29.7 Å². The van der Waals surface area contributed by atoms with E-state index in [9.17, 15) is 19.2 Å². The van der Waals surface area contributed by atoms with Crippen LogP contribution in [0, 0.1) is 0 Å². The van der Waals surface area contributed by atoms with E-state index in [0.29, 0.717) is 112 Å². The van der Waals surface area contributed by atoms with E-state index in [4.69, 9.17) is 66.4 Å². The summed E-state index contributed by atoms with van der Waals surface area (Å²) in [5, 5.41) is 12.5. The number of benzene rings is 5. The van der Waals surface area contributed by atoms with E-state index in [1.54, 1.807) is 144 Å². The third-order valence-corrected chi connectivity index (χ3v) is 15.1. The summed E-state index contributed by atoms with van der Waals surface area (Å²) in [6.07, 6.45) is 5.52. The van der Waals surface area contributed by atoms with Gasteiger partial charge in [-0.05, 0) is 98.7 Å². The maximum Gasteiger partial charge on any atom is 0.418 e. The minimum Gasteiger partial charge on any atom is -0.496 e. The van der Waals surface area contributed by atoms with Crippen LogP contribution in [0.2, 0.25) is 10.0 Å². The van der Waals surface area contributed by atoms with E-state index >= 15 is 0 Å². The Morgan fingerprint density at radius 1 is 0.579 bits per heavy atom. The molecule has 0 spiro atoms. The second-order valence-electron chi connectivity index (χ2n) is 24.2. The van der Waals surface area contributed by atoms with Crippen molar-refractivity contribution in [2.75, 3.05) is 86.3 Å². The Balaban J connectivity index is 0.000000216. The molecule has 10 rings (SSSR count). The van der Waals surface area contributed by atoms with Crippen molar-refractivity contribution in [3.05, 3.63) is 172 Å². The number of pyridine rings is 2. The minimum absolute atomic E-state index is 0.0264. The van der Waals surface area contributed by atoms with Crippen LogP contribution in [-0.4, -0.2) is 134 Å². The van der Waals surface area contributed by atoms with Crippen LogP contribution >= 0.6 is 23.2 Å². The van der Waals surface area contributed by atoms with Gasteiger partial charge in [0.15, 0.2) is 5.82 Å². The van der Waals surface area contributed by atoms with E-state index in [2.05, 4.69) is 51.3 Å². The molecule has 0 atom stereocenters. The first-order valence-corrected chi connectivity index (χ1v) is 31.8. The molecule has 21 nitrogen and oxygen atoms in total. The molecule has 4 aromatic heterocycles. The first kappa shape index (κ1) is 74.8. The lowest BCUT2D eigenvalue weighted by atomic mass is 9.93. The highest BCUT2D eigenvalue weighted by Gasteiger charge is 2.24. The van der Waals surface area contributed by atoms with Crippen LogP contribution in [-0.2, 0) is 33.2 Å². The van der Waals surface area contributed by atoms with Gasteiger partial charge in [0.05, 0.1) is 59.2 Å². The molecular formula is C72H87Cl2N9O12. The van der Waals surface area contributed by atoms with E-state index < -0.39 is 6.09 Å². The third-order valence-electron chi connectivity index (χ3n) is 14.4. The van der Waals surface area contributed by atoms with Gasteiger partial charge in [0, 0.05) is 117 Å². The fraction of sp³-hybridized carbons (Fsp3) is 0.361. The molecule has 5 aromatic carbocycles. The normalized spacial score (nSPS) is 11.7. The summed E-state index contributed by atoms with van der Waals surface area (Å²) in [5.74, 6) is 4.81. The van der Waals surface area contributed by atoms with E-state index in [-0.39, 0.29) is 41.3 Å². The maximum absolute atomic E-state index is 12.7. The Morgan fingerprint density at radius 2 is 1.07 bits per heavy atom. The summed E-state index contributed by atoms with van der Waals surface area (Å²) in [6, 6.07) is 32.8. The van der Waals surface area contributed by atoms with Crippen LogP contribution in [0.15, 0.2) is 137 Å². The molecule has 5 heterocycles. The number of nitrogens with zero attached hydrogens (tertiary/aromatic N) is 7. The van der Waals surface area contributed by atoms with Crippen molar-refractivity contribution in [2.45, 2.75) is 98.8 Å². The molecule has 95 heavy (non-hydrogen) atoms. The first-order chi connectivity index (χ1) is 45.2. The zero-order chi connectivity index (χ0) is 69.6. The highest BCUT2D eigenvalue weighted by molar-refractivity contribution is 6.33. The Hall–Kier alpha value is -9.28. The van der Waals surface area contributed by atoms with Crippen LogP contribution in [0.1, 0.15) is 119 Å². The van der Waals surface area contributed by atoms with Crippen molar-refractivity contribution in [3.63, 3.8) is 0 Å². The van der Waals surface area contributed by atoms with Crippen molar-refractivity contribution in [2.24, 2.45) is 0 Å². The number of para-hydroxylation sites is 1. The number of amides is 3. The van der Waals surface area contributed by atoms with Crippen LogP contribution in [0.25, 0.3) is 21.8 Å².